The molecule has 3 nitrogen and oxygen atoms in total. The van der Waals surface area contributed by atoms with Crippen LogP contribution in [0.3, 0.4) is 0 Å². The average molecular weight is 259 g/mol. The van der Waals surface area contributed by atoms with Crippen LogP contribution >= 0.6 is 0 Å². The van der Waals surface area contributed by atoms with E-state index in [1.54, 1.807) is 14.2 Å². The van der Waals surface area contributed by atoms with Gasteiger partial charge in [-0.25, -0.2) is 8.78 Å². The fourth-order valence-corrected chi connectivity index (χ4v) is 1.70. The Bertz CT molecular complexity index is 341. The lowest BCUT2D eigenvalue weighted by atomic mass is 10.0. The monoisotopic (exact) mass is 259 g/mol. The van der Waals surface area contributed by atoms with E-state index in [9.17, 15) is 8.78 Å². The summed E-state index contributed by atoms with van der Waals surface area (Å²) in [5.74, 6) is -1.13. The number of methoxy groups -OCH3 is 1. The molecule has 1 atom stereocenters. The Balaban J connectivity index is 2.49. The third-order valence-electron chi connectivity index (χ3n) is 2.62. The van der Waals surface area contributed by atoms with E-state index in [1.807, 2.05) is 0 Å². The Morgan fingerprint density at radius 1 is 1.11 bits per heavy atom. The number of hydrogen-bond donors (Lipinski definition) is 1. The molecule has 0 radical (unpaired) electrons. The highest BCUT2D eigenvalue weighted by molar-refractivity contribution is 5.21. The maximum absolute atomic E-state index is 13.1. The summed E-state index contributed by atoms with van der Waals surface area (Å²) >= 11 is 0. The van der Waals surface area contributed by atoms with Crippen molar-refractivity contribution in [2.45, 2.75) is 12.5 Å². The van der Waals surface area contributed by atoms with Crippen LogP contribution in [0.5, 0.6) is 0 Å². The molecule has 0 aliphatic rings. The summed E-state index contributed by atoms with van der Waals surface area (Å²) < 4.78 is 36.4. The molecule has 1 N–H and O–H groups in total. The summed E-state index contributed by atoms with van der Waals surface area (Å²) in [7, 11) is 3.36. The molecule has 1 aromatic rings. The third kappa shape index (κ3) is 5.08. The number of rotatable bonds is 8. The van der Waals surface area contributed by atoms with Crippen molar-refractivity contribution in [3.8, 4) is 0 Å². The van der Waals surface area contributed by atoms with E-state index in [-0.39, 0.29) is 6.04 Å². The number of halogens is 2. The maximum Gasteiger partial charge on any atom is 0.126 e. The first kappa shape index (κ1) is 15.0. The van der Waals surface area contributed by atoms with Gasteiger partial charge in [0.2, 0.25) is 0 Å². The van der Waals surface area contributed by atoms with Gasteiger partial charge in [-0.3, -0.25) is 0 Å². The van der Waals surface area contributed by atoms with E-state index in [4.69, 9.17) is 9.47 Å². The van der Waals surface area contributed by atoms with Gasteiger partial charge in [-0.1, -0.05) is 0 Å². The summed E-state index contributed by atoms with van der Waals surface area (Å²) in [6.07, 6.45) is 0.642. The molecule has 18 heavy (non-hydrogen) atoms. The fraction of sp³-hybridized carbons (Fsp3) is 0.538. The summed E-state index contributed by atoms with van der Waals surface area (Å²) in [5.41, 5.74) is 0.588. The number of nitrogens with one attached hydrogen (secondary N) is 1. The molecule has 0 saturated heterocycles. The summed E-state index contributed by atoms with van der Waals surface area (Å²) in [5, 5.41) is 3.02. The van der Waals surface area contributed by atoms with Crippen LogP contribution in [0.2, 0.25) is 0 Å². The Morgan fingerprint density at radius 2 is 1.78 bits per heavy atom. The minimum atomic E-state index is -0.564. The predicted octanol–water partition coefficient (Wildman–Crippen LogP) is 2.28. The van der Waals surface area contributed by atoms with E-state index in [0.29, 0.717) is 31.8 Å². The molecule has 0 spiro atoms. The van der Waals surface area contributed by atoms with Gasteiger partial charge in [0.25, 0.3) is 0 Å². The smallest absolute Gasteiger partial charge is 0.126 e. The molecule has 1 aromatic carbocycles. The SMILES string of the molecule is CNC(CCOCCOC)c1cc(F)cc(F)c1. The zero-order valence-electron chi connectivity index (χ0n) is 10.7. The van der Waals surface area contributed by atoms with E-state index < -0.39 is 11.6 Å². The Kier molecular flexibility index (Phi) is 6.78. The van der Waals surface area contributed by atoms with Crippen LogP contribution in [0.1, 0.15) is 18.0 Å². The van der Waals surface area contributed by atoms with Crippen molar-refractivity contribution in [1.29, 1.82) is 0 Å². The molecule has 0 bridgehead atoms. The first-order valence-electron chi connectivity index (χ1n) is 5.87. The van der Waals surface area contributed by atoms with Crippen LogP contribution in [0.4, 0.5) is 8.78 Å². The van der Waals surface area contributed by atoms with E-state index in [0.717, 1.165) is 6.07 Å². The second-order valence-electron chi connectivity index (χ2n) is 3.94. The fourth-order valence-electron chi connectivity index (χ4n) is 1.70. The highest BCUT2D eigenvalue weighted by atomic mass is 19.1. The molecule has 0 amide bonds. The van der Waals surface area contributed by atoms with Crippen LogP contribution in [-0.4, -0.2) is 34.0 Å². The first-order valence-corrected chi connectivity index (χ1v) is 5.87. The summed E-state index contributed by atoms with van der Waals surface area (Å²) in [6, 6.07) is 3.40. The van der Waals surface area contributed by atoms with E-state index in [2.05, 4.69) is 5.32 Å². The lowest BCUT2D eigenvalue weighted by molar-refractivity contribution is 0.0660. The van der Waals surface area contributed by atoms with Gasteiger partial charge in [-0.2, -0.15) is 0 Å². The highest BCUT2D eigenvalue weighted by Crippen LogP contribution is 2.19. The molecule has 0 saturated carbocycles. The molecule has 102 valence electrons. The van der Waals surface area contributed by atoms with Gasteiger partial charge in [-0.05, 0) is 31.2 Å². The molecule has 0 aliphatic carbocycles. The van der Waals surface area contributed by atoms with Gasteiger partial charge >= 0.3 is 0 Å². The highest BCUT2D eigenvalue weighted by Gasteiger charge is 2.11. The number of hydrogen-bond acceptors (Lipinski definition) is 3. The largest absolute Gasteiger partial charge is 0.382 e. The Morgan fingerprint density at radius 3 is 2.33 bits per heavy atom. The van der Waals surface area contributed by atoms with Crippen LogP contribution in [-0.2, 0) is 9.47 Å². The van der Waals surface area contributed by atoms with Gasteiger partial charge in [-0.15, -0.1) is 0 Å². The van der Waals surface area contributed by atoms with Crippen molar-refractivity contribution in [2.24, 2.45) is 0 Å². The number of ether oxygens (including phenoxy) is 2. The van der Waals surface area contributed by atoms with Crippen molar-refractivity contribution in [1.82, 2.24) is 5.32 Å². The molecule has 5 heteroatoms. The average Bonchev–Trinajstić information content (AvgIpc) is 2.32. The first-order chi connectivity index (χ1) is 8.67. The van der Waals surface area contributed by atoms with Gasteiger partial charge in [0.05, 0.1) is 13.2 Å². The molecule has 1 unspecified atom stereocenters. The standard InChI is InChI=1S/C13H19F2NO2/c1-16-13(3-4-18-6-5-17-2)10-7-11(14)9-12(15)8-10/h7-9,13,16H,3-6H2,1-2H3. The molecular weight excluding hydrogens is 240 g/mol. The van der Waals surface area contributed by atoms with Crippen molar-refractivity contribution in [3.63, 3.8) is 0 Å². The summed E-state index contributed by atoms with van der Waals surface area (Å²) in [4.78, 5) is 0. The Hall–Kier alpha value is -1.04. The Labute approximate surface area is 106 Å². The molecule has 0 aliphatic heterocycles. The molecular formula is C13H19F2NO2. The number of benzene rings is 1. The van der Waals surface area contributed by atoms with Gasteiger partial charge in [0.1, 0.15) is 11.6 Å². The van der Waals surface area contributed by atoms with Crippen molar-refractivity contribution in [2.75, 3.05) is 34.0 Å². The van der Waals surface area contributed by atoms with E-state index in [1.165, 1.54) is 12.1 Å². The zero-order chi connectivity index (χ0) is 13.4. The molecule has 0 aromatic heterocycles. The molecule has 0 fully saturated rings. The molecule has 1 rings (SSSR count). The quantitative estimate of drug-likeness (QED) is 0.726. The lowest BCUT2D eigenvalue weighted by Gasteiger charge is -2.17. The minimum Gasteiger partial charge on any atom is -0.382 e. The van der Waals surface area contributed by atoms with Crippen LogP contribution in [0, 0.1) is 11.6 Å². The maximum atomic E-state index is 13.1. The normalized spacial score (nSPS) is 12.7. The predicted molar refractivity (Wildman–Crippen MR) is 65.5 cm³/mol. The van der Waals surface area contributed by atoms with Crippen molar-refractivity contribution in [3.05, 3.63) is 35.4 Å². The van der Waals surface area contributed by atoms with Crippen molar-refractivity contribution < 1.29 is 18.3 Å². The van der Waals surface area contributed by atoms with Gasteiger partial charge in [0, 0.05) is 25.8 Å². The second kappa shape index (κ2) is 8.13. The van der Waals surface area contributed by atoms with Gasteiger partial charge in [0.15, 0.2) is 0 Å². The zero-order valence-corrected chi connectivity index (χ0v) is 10.7. The molecule has 0 heterocycles. The topological polar surface area (TPSA) is 30.5 Å². The van der Waals surface area contributed by atoms with Crippen LogP contribution < -0.4 is 5.32 Å². The van der Waals surface area contributed by atoms with Crippen molar-refractivity contribution >= 4 is 0 Å². The van der Waals surface area contributed by atoms with Crippen LogP contribution in [0.25, 0.3) is 0 Å². The van der Waals surface area contributed by atoms with E-state index >= 15 is 0 Å². The second-order valence-corrected chi connectivity index (χ2v) is 3.94. The van der Waals surface area contributed by atoms with Gasteiger partial charge < -0.3 is 14.8 Å². The third-order valence-corrected chi connectivity index (χ3v) is 2.62. The minimum absolute atomic E-state index is 0.127. The summed E-state index contributed by atoms with van der Waals surface area (Å²) in [6.45, 7) is 1.57. The van der Waals surface area contributed by atoms with Crippen LogP contribution in [0.15, 0.2) is 18.2 Å². The lowest BCUT2D eigenvalue weighted by Crippen LogP contribution is -2.19.